The van der Waals surface area contributed by atoms with Gasteiger partial charge in [-0.25, -0.2) is 0 Å². The number of nitrogens with zero attached hydrogens (tertiary/aromatic N) is 1. The van der Waals surface area contributed by atoms with Gasteiger partial charge in [-0.2, -0.15) is 0 Å². The lowest BCUT2D eigenvalue weighted by Gasteiger charge is -2.29. The molecule has 0 aliphatic heterocycles. The Kier molecular flexibility index (Phi) is 14.2. The third-order valence-corrected chi connectivity index (χ3v) is 4.89. The number of guanidine groups is 1. The summed E-state index contributed by atoms with van der Waals surface area (Å²) in [6, 6.07) is 0. The lowest BCUT2D eigenvalue weighted by Crippen LogP contribution is -2.39. The van der Waals surface area contributed by atoms with Gasteiger partial charge in [-0.05, 0) is 44.4 Å². The van der Waals surface area contributed by atoms with Crippen LogP contribution in [-0.4, -0.2) is 50.4 Å². The molecule has 0 heterocycles. The highest BCUT2D eigenvalue weighted by Gasteiger charge is 2.25. The summed E-state index contributed by atoms with van der Waals surface area (Å²) in [6.07, 6.45) is 7.41. The SMILES string of the molecule is CCNC(=NCC(CC)(CC)CCO)NCCCCCCC(=O)OC. The number of aliphatic hydroxyl groups excluding tert-OH is 1. The van der Waals surface area contributed by atoms with Crippen molar-refractivity contribution >= 4 is 11.9 Å². The second kappa shape index (κ2) is 15.0. The third kappa shape index (κ3) is 11.0. The molecule has 6 nitrogen and oxygen atoms in total. The number of carbonyl (C=O) groups excluding carboxylic acids is 1. The van der Waals surface area contributed by atoms with Crippen molar-refractivity contribution in [2.24, 2.45) is 10.4 Å². The summed E-state index contributed by atoms with van der Waals surface area (Å²) in [4.78, 5) is 15.8. The molecule has 0 amide bonds. The number of nitrogens with one attached hydrogen (secondary N) is 2. The molecule has 0 aromatic heterocycles. The number of hydrogen-bond acceptors (Lipinski definition) is 4. The Morgan fingerprint density at radius 2 is 1.76 bits per heavy atom. The van der Waals surface area contributed by atoms with E-state index in [1.807, 2.05) is 0 Å². The predicted molar refractivity (Wildman–Crippen MR) is 104 cm³/mol. The van der Waals surface area contributed by atoms with Crippen LogP contribution in [0.4, 0.5) is 0 Å². The normalized spacial score (nSPS) is 12.1. The van der Waals surface area contributed by atoms with Gasteiger partial charge in [0.15, 0.2) is 5.96 Å². The average molecular weight is 358 g/mol. The van der Waals surface area contributed by atoms with E-state index in [0.29, 0.717) is 6.42 Å². The molecule has 0 radical (unpaired) electrons. The van der Waals surface area contributed by atoms with Gasteiger partial charge in [-0.3, -0.25) is 9.79 Å². The van der Waals surface area contributed by atoms with Crippen molar-refractivity contribution in [3.05, 3.63) is 0 Å². The molecule has 0 aromatic carbocycles. The maximum Gasteiger partial charge on any atom is 0.305 e. The minimum atomic E-state index is -0.127. The van der Waals surface area contributed by atoms with Crippen molar-refractivity contribution in [2.45, 2.75) is 72.1 Å². The van der Waals surface area contributed by atoms with Crippen molar-refractivity contribution in [1.82, 2.24) is 10.6 Å². The standard InChI is InChI=1S/C19H39N3O3/c1-5-19(6-2,13-15-23)16-22-18(20-7-3)21-14-11-9-8-10-12-17(24)25-4/h23H,5-16H2,1-4H3,(H2,20,21,22). The van der Waals surface area contributed by atoms with Gasteiger partial charge < -0.3 is 20.5 Å². The van der Waals surface area contributed by atoms with Crippen LogP contribution in [0, 0.1) is 5.41 Å². The molecule has 0 saturated carbocycles. The van der Waals surface area contributed by atoms with Gasteiger partial charge >= 0.3 is 5.97 Å². The van der Waals surface area contributed by atoms with Gasteiger partial charge in [0, 0.05) is 32.7 Å². The van der Waals surface area contributed by atoms with E-state index in [1.165, 1.54) is 7.11 Å². The summed E-state index contributed by atoms with van der Waals surface area (Å²) in [7, 11) is 1.43. The number of ether oxygens (including phenoxy) is 1. The zero-order chi connectivity index (χ0) is 19.0. The predicted octanol–water partition coefficient (Wildman–Crippen LogP) is 2.85. The highest BCUT2D eigenvalue weighted by Crippen LogP contribution is 2.30. The Hall–Kier alpha value is -1.30. The fourth-order valence-corrected chi connectivity index (χ4v) is 2.79. The number of methoxy groups -OCH3 is 1. The van der Waals surface area contributed by atoms with Crippen LogP contribution in [0.5, 0.6) is 0 Å². The number of carbonyl (C=O) groups is 1. The van der Waals surface area contributed by atoms with Gasteiger partial charge in [0.05, 0.1) is 7.11 Å². The first-order chi connectivity index (χ1) is 12.1. The highest BCUT2D eigenvalue weighted by atomic mass is 16.5. The quantitative estimate of drug-likeness (QED) is 0.193. The van der Waals surface area contributed by atoms with Crippen molar-refractivity contribution in [3.63, 3.8) is 0 Å². The number of hydrogen-bond donors (Lipinski definition) is 3. The number of aliphatic imine (C=N–C) groups is 1. The topological polar surface area (TPSA) is 83.0 Å². The summed E-state index contributed by atoms with van der Waals surface area (Å²) in [5.74, 6) is 0.721. The van der Waals surface area contributed by atoms with Crippen LogP contribution >= 0.6 is 0 Å². The average Bonchev–Trinajstić information content (AvgIpc) is 2.63. The number of aliphatic hydroxyl groups is 1. The Morgan fingerprint density at radius 1 is 1.08 bits per heavy atom. The van der Waals surface area contributed by atoms with Crippen LogP contribution in [0.2, 0.25) is 0 Å². The summed E-state index contributed by atoms with van der Waals surface area (Å²) in [5.41, 5.74) is 0.0883. The van der Waals surface area contributed by atoms with Gasteiger partial charge in [0.1, 0.15) is 0 Å². The zero-order valence-electron chi connectivity index (χ0n) is 16.7. The van der Waals surface area contributed by atoms with Crippen LogP contribution < -0.4 is 10.6 Å². The van der Waals surface area contributed by atoms with E-state index in [4.69, 9.17) is 4.99 Å². The van der Waals surface area contributed by atoms with Crippen molar-refractivity contribution in [2.75, 3.05) is 33.4 Å². The van der Waals surface area contributed by atoms with E-state index in [-0.39, 0.29) is 18.0 Å². The molecule has 0 saturated heterocycles. The van der Waals surface area contributed by atoms with Crippen LogP contribution in [-0.2, 0) is 9.53 Å². The van der Waals surface area contributed by atoms with E-state index >= 15 is 0 Å². The molecule has 0 spiro atoms. The molecular formula is C19H39N3O3. The van der Waals surface area contributed by atoms with E-state index < -0.39 is 0 Å². The lowest BCUT2D eigenvalue weighted by atomic mass is 9.79. The minimum absolute atomic E-state index is 0.0883. The molecule has 148 valence electrons. The first kappa shape index (κ1) is 23.7. The summed E-state index contributed by atoms with van der Waals surface area (Å²) >= 11 is 0. The Balaban J connectivity index is 4.21. The second-order valence-electron chi connectivity index (χ2n) is 6.54. The molecule has 0 bridgehead atoms. The highest BCUT2D eigenvalue weighted by molar-refractivity contribution is 5.79. The molecule has 25 heavy (non-hydrogen) atoms. The molecule has 0 rings (SSSR count). The summed E-state index contributed by atoms with van der Waals surface area (Å²) in [6.45, 7) is 9.05. The summed E-state index contributed by atoms with van der Waals surface area (Å²) in [5, 5.41) is 16.0. The zero-order valence-corrected chi connectivity index (χ0v) is 16.7. The van der Waals surface area contributed by atoms with Gasteiger partial charge in [-0.15, -0.1) is 0 Å². The molecule has 3 N–H and O–H groups in total. The van der Waals surface area contributed by atoms with E-state index in [9.17, 15) is 9.90 Å². The Morgan fingerprint density at radius 3 is 2.32 bits per heavy atom. The summed E-state index contributed by atoms with van der Waals surface area (Å²) < 4.78 is 4.64. The second-order valence-corrected chi connectivity index (χ2v) is 6.54. The lowest BCUT2D eigenvalue weighted by molar-refractivity contribution is -0.140. The van der Waals surface area contributed by atoms with Crippen molar-refractivity contribution in [3.8, 4) is 0 Å². The molecule has 0 atom stereocenters. The Bertz CT molecular complexity index is 369. The van der Waals surface area contributed by atoms with E-state index in [1.54, 1.807) is 0 Å². The van der Waals surface area contributed by atoms with Gasteiger partial charge in [-0.1, -0.05) is 26.7 Å². The van der Waals surface area contributed by atoms with Crippen LogP contribution in [0.25, 0.3) is 0 Å². The van der Waals surface area contributed by atoms with E-state index in [0.717, 1.165) is 70.5 Å². The molecule has 0 unspecified atom stereocenters. The van der Waals surface area contributed by atoms with Crippen LogP contribution in [0.3, 0.4) is 0 Å². The first-order valence-electron chi connectivity index (χ1n) is 9.77. The Labute approximate surface area is 153 Å². The third-order valence-electron chi connectivity index (χ3n) is 4.89. The van der Waals surface area contributed by atoms with Crippen molar-refractivity contribution < 1.29 is 14.6 Å². The number of rotatable bonds is 14. The fourth-order valence-electron chi connectivity index (χ4n) is 2.79. The maximum atomic E-state index is 11.0. The van der Waals surface area contributed by atoms with Gasteiger partial charge in [0.25, 0.3) is 0 Å². The molecule has 6 heteroatoms. The number of esters is 1. The maximum absolute atomic E-state index is 11.0. The molecular weight excluding hydrogens is 318 g/mol. The molecule has 0 aliphatic rings. The molecule has 0 aliphatic carbocycles. The van der Waals surface area contributed by atoms with Gasteiger partial charge in [0.2, 0.25) is 0 Å². The largest absolute Gasteiger partial charge is 0.469 e. The molecule has 0 fully saturated rings. The fraction of sp³-hybridized carbons (Fsp3) is 0.895. The first-order valence-corrected chi connectivity index (χ1v) is 9.77. The van der Waals surface area contributed by atoms with Crippen molar-refractivity contribution in [1.29, 1.82) is 0 Å². The number of unbranched alkanes of at least 4 members (excludes halogenated alkanes) is 3. The van der Waals surface area contributed by atoms with E-state index in [2.05, 4.69) is 36.1 Å². The smallest absolute Gasteiger partial charge is 0.305 e. The minimum Gasteiger partial charge on any atom is -0.469 e. The molecule has 0 aromatic rings. The van der Waals surface area contributed by atoms with Crippen LogP contribution in [0.15, 0.2) is 4.99 Å². The monoisotopic (exact) mass is 357 g/mol. The van der Waals surface area contributed by atoms with Crippen LogP contribution in [0.1, 0.15) is 72.1 Å².